The number of aromatic amines is 1. The van der Waals surface area contributed by atoms with Crippen LogP contribution in [0.25, 0.3) is 11.0 Å². The van der Waals surface area contributed by atoms with Crippen LogP contribution in [-0.2, 0) is 20.9 Å². The molecule has 1 N–H and O–H groups in total. The van der Waals surface area contributed by atoms with Crippen LogP contribution in [-0.4, -0.2) is 52.9 Å². The van der Waals surface area contributed by atoms with E-state index in [0.29, 0.717) is 5.82 Å². The maximum atomic E-state index is 12.2. The molecule has 0 radical (unpaired) electrons. The number of aromatic nitrogens is 2. The minimum Gasteiger partial charge on any atom is -0.364 e. The molecule has 1 saturated heterocycles. The minimum atomic E-state index is -4.63. The lowest BCUT2D eigenvalue weighted by Gasteiger charge is -2.32. The molecule has 0 unspecified atom stereocenters. The van der Waals surface area contributed by atoms with Crippen molar-refractivity contribution < 1.29 is 27.4 Å². The number of nitrogens with zero attached hydrogens (tertiary/aromatic N) is 2. The van der Waals surface area contributed by atoms with Crippen LogP contribution in [0.15, 0.2) is 18.2 Å². The highest BCUT2D eigenvalue weighted by atomic mass is 19.4. The zero-order valence-corrected chi connectivity index (χ0v) is 14.3. The number of carbonyl (C=O) groups is 1. The van der Waals surface area contributed by atoms with Crippen molar-refractivity contribution in [2.24, 2.45) is 0 Å². The predicted molar refractivity (Wildman–Crippen MR) is 87.2 cm³/mol. The van der Waals surface area contributed by atoms with Gasteiger partial charge in [-0.3, -0.25) is 9.53 Å². The molecule has 0 atom stereocenters. The molecule has 26 heavy (non-hydrogen) atoms. The summed E-state index contributed by atoms with van der Waals surface area (Å²) in [6.07, 6.45) is -5.20. The maximum absolute atomic E-state index is 12.2. The van der Waals surface area contributed by atoms with Crippen molar-refractivity contribution in [1.29, 1.82) is 0 Å². The number of hydrogen-bond acceptors (Lipinski definition) is 4. The molecular formula is C17H20F3N3O3. The molecule has 0 aliphatic carbocycles. The second-order valence-electron chi connectivity index (χ2n) is 6.29. The van der Waals surface area contributed by atoms with Crippen molar-refractivity contribution in [2.45, 2.75) is 38.8 Å². The Balaban J connectivity index is 1.43. The number of fused-ring (bicyclic) bond motifs is 1. The first kappa shape index (κ1) is 18.7. The summed E-state index contributed by atoms with van der Waals surface area (Å²) in [4.78, 5) is 21.2. The summed E-state index contributed by atoms with van der Waals surface area (Å²) in [5.41, 5.74) is 2.82. The van der Waals surface area contributed by atoms with Gasteiger partial charge < -0.3 is 14.6 Å². The largest absolute Gasteiger partial charge is 0.522 e. The third-order valence-electron chi connectivity index (χ3n) is 4.32. The average molecular weight is 371 g/mol. The van der Waals surface area contributed by atoms with Crippen LogP contribution in [0.1, 0.15) is 24.2 Å². The molecule has 3 rings (SSSR count). The van der Waals surface area contributed by atoms with Crippen molar-refractivity contribution in [1.82, 2.24) is 14.9 Å². The van der Waals surface area contributed by atoms with E-state index in [2.05, 4.69) is 14.7 Å². The number of piperidine rings is 1. The molecule has 1 aliphatic rings. The number of halogens is 3. The van der Waals surface area contributed by atoms with E-state index in [1.54, 1.807) is 0 Å². The van der Waals surface area contributed by atoms with E-state index < -0.39 is 12.5 Å². The Labute approximate surface area is 148 Å². The Morgan fingerprint density at radius 2 is 2.08 bits per heavy atom. The van der Waals surface area contributed by atoms with Crippen molar-refractivity contribution in [3.63, 3.8) is 0 Å². The van der Waals surface area contributed by atoms with Gasteiger partial charge in [0.15, 0.2) is 0 Å². The number of amides is 1. The summed E-state index contributed by atoms with van der Waals surface area (Å²) in [5, 5.41) is 0. The van der Waals surface area contributed by atoms with Gasteiger partial charge in [0.05, 0.1) is 17.1 Å². The maximum Gasteiger partial charge on any atom is 0.522 e. The summed E-state index contributed by atoms with van der Waals surface area (Å²) in [6, 6.07) is 5.80. The number of hydrogen-bond donors (Lipinski definition) is 1. The number of benzene rings is 1. The molecule has 6 nitrogen and oxygen atoms in total. The fourth-order valence-corrected chi connectivity index (χ4v) is 3.03. The average Bonchev–Trinajstić information content (AvgIpc) is 2.98. The van der Waals surface area contributed by atoms with Crippen LogP contribution in [0.5, 0.6) is 0 Å². The topological polar surface area (TPSA) is 67.5 Å². The summed E-state index contributed by atoms with van der Waals surface area (Å²) in [5.74, 6) is 0.377. The molecule has 2 heterocycles. The first-order valence-corrected chi connectivity index (χ1v) is 8.36. The van der Waals surface area contributed by atoms with Gasteiger partial charge in [0, 0.05) is 13.1 Å². The van der Waals surface area contributed by atoms with Crippen molar-refractivity contribution in [2.75, 3.05) is 19.7 Å². The summed E-state index contributed by atoms with van der Waals surface area (Å²) in [7, 11) is 0. The van der Waals surface area contributed by atoms with Gasteiger partial charge in [-0.2, -0.15) is 0 Å². The molecule has 2 aromatic rings. The lowest BCUT2D eigenvalue weighted by Crippen LogP contribution is -2.43. The molecule has 142 valence electrons. The zero-order chi connectivity index (χ0) is 18.7. The molecule has 1 aliphatic heterocycles. The first-order valence-electron chi connectivity index (χ1n) is 8.36. The van der Waals surface area contributed by atoms with Crippen LogP contribution in [0.4, 0.5) is 13.2 Å². The smallest absolute Gasteiger partial charge is 0.364 e. The normalized spacial score (nSPS) is 16.4. The summed E-state index contributed by atoms with van der Waals surface area (Å²) >= 11 is 0. The Hall–Kier alpha value is -2.13. The number of imidazole rings is 1. The molecule has 0 spiro atoms. The van der Waals surface area contributed by atoms with E-state index in [-0.39, 0.29) is 45.1 Å². The summed E-state index contributed by atoms with van der Waals surface area (Å²) < 4.78 is 46.0. The van der Waals surface area contributed by atoms with Crippen LogP contribution in [0.2, 0.25) is 0 Å². The SMILES string of the molecule is Cc1cccc2[nH]c(COCC(=O)N3CCC(OC(F)(F)F)CC3)nc12. The van der Waals surface area contributed by atoms with Gasteiger partial charge in [0.1, 0.15) is 19.0 Å². The third kappa shape index (κ3) is 4.73. The fourth-order valence-electron chi connectivity index (χ4n) is 3.03. The standard InChI is InChI=1S/C17H20F3N3O3/c1-11-3-2-4-13-16(11)22-14(21-13)9-25-10-15(24)23-7-5-12(6-8-23)26-17(18,19)20/h2-4,12H,5-10H2,1H3,(H,21,22). The van der Waals surface area contributed by atoms with E-state index in [9.17, 15) is 18.0 Å². The number of ether oxygens (including phenoxy) is 2. The second kappa shape index (κ2) is 7.63. The number of likely N-dealkylation sites (tertiary alicyclic amines) is 1. The molecule has 1 aromatic heterocycles. The lowest BCUT2D eigenvalue weighted by atomic mass is 10.1. The lowest BCUT2D eigenvalue weighted by molar-refractivity contribution is -0.345. The molecule has 9 heteroatoms. The predicted octanol–water partition coefficient (Wildman–Crippen LogP) is 2.92. The Bertz CT molecular complexity index is 767. The Morgan fingerprint density at radius 1 is 1.35 bits per heavy atom. The number of aryl methyl sites for hydroxylation is 1. The van der Waals surface area contributed by atoms with Crippen LogP contribution in [0.3, 0.4) is 0 Å². The molecule has 0 saturated carbocycles. The van der Waals surface area contributed by atoms with Gasteiger partial charge in [-0.25, -0.2) is 4.98 Å². The van der Waals surface area contributed by atoms with Gasteiger partial charge in [-0.15, -0.1) is 13.2 Å². The second-order valence-corrected chi connectivity index (χ2v) is 6.29. The quantitative estimate of drug-likeness (QED) is 0.878. The van der Waals surface area contributed by atoms with E-state index in [0.717, 1.165) is 16.6 Å². The number of carbonyl (C=O) groups excluding carboxylic acids is 1. The van der Waals surface area contributed by atoms with Gasteiger partial charge in [0.2, 0.25) is 5.91 Å². The summed E-state index contributed by atoms with van der Waals surface area (Å²) in [6.45, 7) is 2.44. The highest BCUT2D eigenvalue weighted by Gasteiger charge is 2.35. The van der Waals surface area contributed by atoms with Gasteiger partial charge >= 0.3 is 6.36 Å². The number of rotatable bonds is 5. The molecule has 1 aromatic carbocycles. The first-order chi connectivity index (χ1) is 12.3. The van der Waals surface area contributed by atoms with Crippen molar-refractivity contribution >= 4 is 16.9 Å². The molecule has 1 amide bonds. The number of alkyl halides is 3. The molecule has 1 fully saturated rings. The number of H-pyrrole nitrogens is 1. The van der Waals surface area contributed by atoms with E-state index in [1.807, 2.05) is 25.1 Å². The van der Waals surface area contributed by atoms with Gasteiger partial charge in [-0.1, -0.05) is 12.1 Å². The van der Waals surface area contributed by atoms with Gasteiger partial charge in [-0.05, 0) is 31.4 Å². The van der Waals surface area contributed by atoms with E-state index in [1.165, 1.54) is 4.90 Å². The minimum absolute atomic E-state index is 0.138. The Morgan fingerprint density at radius 3 is 2.73 bits per heavy atom. The Kier molecular flexibility index (Phi) is 5.47. The van der Waals surface area contributed by atoms with E-state index in [4.69, 9.17) is 4.74 Å². The zero-order valence-electron chi connectivity index (χ0n) is 14.3. The molecule has 0 bridgehead atoms. The van der Waals surface area contributed by atoms with Crippen LogP contribution >= 0.6 is 0 Å². The fraction of sp³-hybridized carbons (Fsp3) is 0.529. The molecular weight excluding hydrogens is 351 g/mol. The third-order valence-corrected chi connectivity index (χ3v) is 4.32. The van der Waals surface area contributed by atoms with Crippen molar-refractivity contribution in [3.05, 3.63) is 29.6 Å². The van der Waals surface area contributed by atoms with E-state index >= 15 is 0 Å². The number of para-hydroxylation sites is 1. The van der Waals surface area contributed by atoms with Crippen LogP contribution < -0.4 is 0 Å². The van der Waals surface area contributed by atoms with Crippen LogP contribution in [0, 0.1) is 6.92 Å². The van der Waals surface area contributed by atoms with Crippen molar-refractivity contribution in [3.8, 4) is 0 Å². The number of nitrogens with one attached hydrogen (secondary N) is 1. The highest BCUT2D eigenvalue weighted by molar-refractivity contribution is 5.78. The van der Waals surface area contributed by atoms with Gasteiger partial charge in [0.25, 0.3) is 0 Å². The monoisotopic (exact) mass is 371 g/mol. The highest BCUT2D eigenvalue weighted by Crippen LogP contribution is 2.24.